The lowest BCUT2D eigenvalue weighted by Gasteiger charge is -2.22. The molecule has 2 rings (SSSR count). The first-order valence-electron chi connectivity index (χ1n) is 8.27. The molecule has 1 aromatic carbocycles. The maximum Gasteiger partial charge on any atom is 0.338 e. The lowest BCUT2D eigenvalue weighted by atomic mass is 10.2. The van der Waals surface area contributed by atoms with Crippen molar-refractivity contribution in [3.05, 3.63) is 40.2 Å². The summed E-state index contributed by atoms with van der Waals surface area (Å²) < 4.78 is 5.36. The maximum absolute atomic E-state index is 11.6. The molecule has 1 aromatic heterocycles. The summed E-state index contributed by atoms with van der Waals surface area (Å²) in [5, 5.41) is 23.3. The Morgan fingerprint density at radius 1 is 1.25 bits per heavy atom. The van der Waals surface area contributed by atoms with E-state index in [4.69, 9.17) is 9.84 Å². The SMILES string of the molecule is COc1cc(N(C)CCN(C)C)c([N+](=O)[O-])cc1Nc1ncc(C(=O)O)cn1. The molecular formula is C17H22N6O5. The average Bonchev–Trinajstić information content (AvgIpc) is 2.66. The highest BCUT2D eigenvalue weighted by Crippen LogP contribution is 2.38. The van der Waals surface area contributed by atoms with Gasteiger partial charge in [0.15, 0.2) is 0 Å². The third kappa shape index (κ3) is 5.04. The van der Waals surface area contributed by atoms with Gasteiger partial charge >= 0.3 is 5.97 Å². The first kappa shape index (κ1) is 20.8. The number of nitrogens with one attached hydrogen (secondary N) is 1. The van der Waals surface area contributed by atoms with Crippen LogP contribution in [0.15, 0.2) is 24.5 Å². The van der Waals surface area contributed by atoms with Gasteiger partial charge in [-0.15, -0.1) is 0 Å². The number of ether oxygens (including phenoxy) is 1. The van der Waals surface area contributed by atoms with Gasteiger partial charge in [0.25, 0.3) is 5.69 Å². The second-order valence-electron chi connectivity index (χ2n) is 6.25. The number of likely N-dealkylation sites (N-methyl/N-ethyl adjacent to an activating group) is 2. The number of nitrogens with zero attached hydrogens (tertiary/aromatic N) is 5. The van der Waals surface area contributed by atoms with Crippen molar-refractivity contribution in [3.63, 3.8) is 0 Å². The molecule has 0 saturated heterocycles. The Hall–Kier alpha value is -3.47. The number of rotatable bonds is 9. The minimum atomic E-state index is -1.15. The lowest BCUT2D eigenvalue weighted by Crippen LogP contribution is -2.28. The summed E-state index contributed by atoms with van der Waals surface area (Å²) in [7, 11) is 7.06. The van der Waals surface area contributed by atoms with Gasteiger partial charge in [0.05, 0.1) is 23.3 Å². The Bertz CT molecular complexity index is 856. The maximum atomic E-state index is 11.6. The van der Waals surface area contributed by atoms with E-state index in [1.165, 1.54) is 13.2 Å². The fraction of sp³-hybridized carbons (Fsp3) is 0.353. The summed E-state index contributed by atoms with van der Waals surface area (Å²) in [4.78, 5) is 33.6. The zero-order chi connectivity index (χ0) is 20.8. The van der Waals surface area contributed by atoms with Crippen molar-refractivity contribution in [3.8, 4) is 5.75 Å². The first-order chi connectivity index (χ1) is 13.2. The fourth-order valence-corrected chi connectivity index (χ4v) is 2.37. The minimum Gasteiger partial charge on any atom is -0.494 e. The molecule has 2 aromatic rings. The zero-order valence-corrected chi connectivity index (χ0v) is 16.0. The van der Waals surface area contributed by atoms with Gasteiger partial charge in [0.1, 0.15) is 11.4 Å². The molecule has 0 atom stereocenters. The van der Waals surface area contributed by atoms with E-state index in [-0.39, 0.29) is 17.2 Å². The van der Waals surface area contributed by atoms with Gasteiger partial charge in [-0.3, -0.25) is 10.1 Å². The van der Waals surface area contributed by atoms with E-state index in [9.17, 15) is 14.9 Å². The quantitative estimate of drug-likeness (QED) is 0.482. The van der Waals surface area contributed by atoms with Gasteiger partial charge in [-0.05, 0) is 14.1 Å². The van der Waals surface area contributed by atoms with Crippen molar-refractivity contribution in [1.29, 1.82) is 0 Å². The number of methoxy groups -OCH3 is 1. The normalized spacial score (nSPS) is 10.6. The Morgan fingerprint density at radius 2 is 1.89 bits per heavy atom. The molecule has 0 aliphatic carbocycles. The summed E-state index contributed by atoms with van der Waals surface area (Å²) in [6.07, 6.45) is 2.28. The lowest BCUT2D eigenvalue weighted by molar-refractivity contribution is -0.384. The predicted octanol–water partition coefficient (Wildman–Crippen LogP) is 1.83. The number of hydrogen-bond acceptors (Lipinski definition) is 9. The summed E-state index contributed by atoms with van der Waals surface area (Å²) in [5.74, 6) is -0.695. The van der Waals surface area contributed by atoms with Crippen LogP contribution in [-0.4, -0.2) is 72.2 Å². The summed E-state index contributed by atoms with van der Waals surface area (Å²) in [6.45, 7) is 1.31. The van der Waals surface area contributed by atoms with Crippen LogP contribution in [0.25, 0.3) is 0 Å². The van der Waals surface area contributed by atoms with Crippen LogP contribution in [0.5, 0.6) is 5.75 Å². The van der Waals surface area contributed by atoms with Crippen LogP contribution < -0.4 is 15.0 Å². The van der Waals surface area contributed by atoms with Crippen molar-refractivity contribution in [1.82, 2.24) is 14.9 Å². The topological polar surface area (TPSA) is 134 Å². The number of nitro benzene ring substituents is 1. The molecule has 150 valence electrons. The van der Waals surface area contributed by atoms with Gasteiger partial charge in [0.2, 0.25) is 5.95 Å². The van der Waals surface area contributed by atoms with Crippen molar-refractivity contribution >= 4 is 29.0 Å². The number of nitro groups is 1. The molecule has 0 amide bonds. The highest BCUT2D eigenvalue weighted by molar-refractivity contribution is 5.87. The van der Waals surface area contributed by atoms with Crippen molar-refractivity contribution in [2.75, 3.05) is 51.6 Å². The largest absolute Gasteiger partial charge is 0.494 e. The summed E-state index contributed by atoms with van der Waals surface area (Å²) in [5.41, 5.74) is 0.534. The molecule has 11 heteroatoms. The van der Waals surface area contributed by atoms with Crippen molar-refractivity contribution < 1.29 is 19.6 Å². The molecule has 0 aliphatic heterocycles. The highest BCUT2D eigenvalue weighted by Gasteiger charge is 2.22. The van der Waals surface area contributed by atoms with Gasteiger partial charge < -0.3 is 25.0 Å². The monoisotopic (exact) mass is 390 g/mol. The fourth-order valence-electron chi connectivity index (χ4n) is 2.37. The van der Waals surface area contributed by atoms with Crippen LogP contribution in [0, 0.1) is 10.1 Å². The predicted molar refractivity (Wildman–Crippen MR) is 104 cm³/mol. The van der Waals surface area contributed by atoms with Crippen molar-refractivity contribution in [2.45, 2.75) is 0 Å². The summed E-state index contributed by atoms with van der Waals surface area (Å²) in [6, 6.07) is 2.91. The van der Waals surface area contributed by atoms with E-state index in [1.54, 1.807) is 18.0 Å². The number of carbonyl (C=O) groups is 1. The number of hydrogen-bond donors (Lipinski definition) is 2. The number of benzene rings is 1. The number of aromatic nitrogens is 2. The molecule has 0 spiro atoms. The van der Waals surface area contributed by atoms with Crippen LogP contribution in [0.3, 0.4) is 0 Å². The van der Waals surface area contributed by atoms with Gasteiger partial charge in [-0.1, -0.05) is 0 Å². The van der Waals surface area contributed by atoms with E-state index in [2.05, 4.69) is 15.3 Å². The molecule has 28 heavy (non-hydrogen) atoms. The Morgan fingerprint density at radius 3 is 2.39 bits per heavy atom. The number of anilines is 3. The smallest absolute Gasteiger partial charge is 0.338 e. The second-order valence-corrected chi connectivity index (χ2v) is 6.25. The third-order valence-electron chi connectivity index (χ3n) is 3.93. The van der Waals surface area contributed by atoms with Crippen LogP contribution in [0.4, 0.5) is 23.0 Å². The van der Waals surface area contributed by atoms with Crippen LogP contribution >= 0.6 is 0 Å². The van der Waals surface area contributed by atoms with Crippen LogP contribution in [-0.2, 0) is 0 Å². The van der Waals surface area contributed by atoms with Gasteiger partial charge in [-0.2, -0.15) is 0 Å². The zero-order valence-electron chi connectivity index (χ0n) is 16.0. The number of aromatic carboxylic acids is 1. The Balaban J connectivity index is 2.38. The first-order valence-corrected chi connectivity index (χ1v) is 8.27. The molecule has 11 nitrogen and oxygen atoms in total. The molecule has 0 bridgehead atoms. The Labute approximate surface area is 161 Å². The van der Waals surface area contributed by atoms with E-state index in [0.29, 0.717) is 23.7 Å². The molecule has 0 unspecified atom stereocenters. The van der Waals surface area contributed by atoms with E-state index >= 15 is 0 Å². The Kier molecular flexibility index (Phi) is 6.66. The van der Waals surface area contributed by atoms with Gasteiger partial charge in [-0.25, -0.2) is 14.8 Å². The molecule has 1 heterocycles. The number of carboxylic acid groups (broad SMARTS) is 1. The average molecular weight is 390 g/mol. The van der Waals surface area contributed by atoms with E-state index in [0.717, 1.165) is 18.9 Å². The minimum absolute atomic E-state index is 0.0682. The van der Waals surface area contributed by atoms with Crippen LogP contribution in [0.1, 0.15) is 10.4 Å². The molecule has 0 saturated carbocycles. The van der Waals surface area contributed by atoms with E-state index in [1.807, 2.05) is 19.0 Å². The second kappa shape index (κ2) is 8.95. The van der Waals surface area contributed by atoms with E-state index < -0.39 is 10.9 Å². The molecule has 0 radical (unpaired) electrons. The van der Waals surface area contributed by atoms with Crippen molar-refractivity contribution in [2.24, 2.45) is 0 Å². The van der Waals surface area contributed by atoms with Crippen LogP contribution in [0.2, 0.25) is 0 Å². The number of carboxylic acids is 1. The molecular weight excluding hydrogens is 368 g/mol. The standard InChI is InChI=1S/C17H22N6O5/c1-21(2)5-6-22(3)13-8-15(28-4)12(7-14(13)23(26)27)20-17-18-9-11(10-19-17)16(24)25/h7-10H,5-6H2,1-4H3,(H,24,25)(H,18,19,20). The van der Waals surface area contributed by atoms with Gasteiger partial charge in [0, 0.05) is 44.7 Å². The molecule has 0 aliphatic rings. The summed E-state index contributed by atoms with van der Waals surface area (Å²) >= 11 is 0. The molecule has 0 fully saturated rings. The highest BCUT2D eigenvalue weighted by atomic mass is 16.6. The molecule has 2 N–H and O–H groups in total. The third-order valence-corrected chi connectivity index (χ3v) is 3.93.